The molecule has 0 N–H and O–H groups in total. The Morgan fingerprint density at radius 1 is 0.426 bits per heavy atom. The van der Waals surface area contributed by atoms with Crippen LogP contribution < -0.4 is 0 Å². The zero-order chi connectivity index (χ0) is 31.5. The van der Waals surface area contributed by atoms with Gasteiger partial charge in [-0.1, -0.05) is 147 Å². The Morgan fingerprint density at radius 2 is 0.979 bits per heavy atom. The van der Waals surface area contributed by atoms with E-state index in [1.54, 1.807) is 0 Å². The van der Waals surface area contributed by atoms with E-state index in [-0.39, 0.29) is 5.41 Å². The van der Waals surface area contributed by atoms with Crippen molar-refractivity contribution < 1.29 is 0 Å². The summed E-state index contributed by atoms with van der Waals surface area (Å²) in [5.74, 6) is 0.748. The first-order valence-corrected chi connectivity index (χ1v) is 16.3. The van der Waals surface area contributed by atoms with Crippen LogP contribution in [0.15, 0.2) is 158 Å². The fraction of sp³-hybridized carbons (Fsp3) is 0.0667. The predicted molar refractivity (Wildman–Crippen MR) is 196 cm³/mol. The first kappa shape index (κ1) is 27.5. The molecule has 222 valence electrons. The van der Waals surface area contributed by atoms with Crippen LogP contribution in [0, 0.1) is 0 Å². The van der Waals surface area contributed by atoms with Crippen molar-refractivity contribution in [3.05, 3.63) is 169 Å². The molecule has 0 radical (unpaired) electrons. The van der Waals surface area contributed by atoms with E-state index < -0.39 is 0 Å². The third kappa shape index (κ3) is 4.48. The van der Waals surface area contributed by atoms with Gasteiger partial charge < -0.3 is 0 Å². The Bertz CT molecular complexity index is 2490. The molecule has 0 saturated heterocycles. The van der Waals surface area contributed by atoms with E-state index in [0.29, 0.717) is 0 Å². The Kier molecular flexibility index (Phi) is 6.20. The normalized spacial score (nSPS) is 13.1. The highest BCUT2D eigenvalue weighted by Crippen LogP contribution is 2.53. The molecular weight excluding hydrogens is 569 g/mol. The highest BCUT2D eigenvalue weighted by Gasteiger charge is 2.40. The Labute approximate surface area is 275 Å². The molecule has 0 unspecified atom stereocenters. The summed E-state index contributed by atoms with van der Waals surface area (Å²) < 4.78 is 0. The number of nitrogens with zero attached hydrogens (tertiary/aromatic N) is 2. The van der Waals surface area contributed by atoms with Gasteiger partial charge in [-0.05, 0) is 79.2 Å². The van der Waals surface area contributed by atoms with Crippen molar-refractivity contribution in [3.63, 3.8) is 0 Å². The highest BCUT2D eigenvalue weighted by molar-refractivity contribution is 6.03. The van der Waals surface area contributed by atoms with Crippen LogP contribution in [0.4, 0.5) is 0 Å². The summed E-state index contributed by atoms with van der Waals surface area (Å²) >= 11 is 0. The van der Waals surface area contributed by atoms with E-state index in [1.165, 1.54) is 49.4 Å². The molecule has 0 saturated carbocycles. The summed E-state index contributed by atoms with van der Waals surface area (Å²) in [4.78, 5) is 10.9. The lowest BCUT2D eigenvalue weighted by Crippen LogP contribution is -2.17. The summed E-state index contributed by atoms with van der Waals surface area (Å²) in [5, 5.41) is 4.88. The molecule has 1 aromatic heterocycles. The number of hydrogen-bond acceptors (Lipinski definition) is 2. The molecule has 2 nitrogen and oxygen atoms in total. The second kappa shape index (κ2) is 10.6. The number of aromatic nitrogens is 2. The quantitative estimate of drug-likeness (QED) is 0.201. The van der Waals surface area contributed by atoms with Crippen LogP contribution >= 0.6 is 0 Å². The van der Waals surface area contributed by atoms with E-state index in [2.05, 4.69) is 172 Å². The average molecular weight is 601 g/mol. The maximum atomic E-state index is 5.47. The maximum Gasteiger partial charge on any atom is 0.160 e. The van der Waals surface area contributed by atoms with Crippen LogP contribution in [-0.4, -0.2) is 9.97 Å². The van der Waals surface area contributed by atoms with Crippen LogP contribution in [0.3, 0.4) is 0 Å². The van der Waals surface area contributed by atoms with E-state index in [9.17, 15) is 0 Å². The molecule has 0 aliphatic heterocycles. The summed E-state index contributed by atoms with van der Waals surface area (Å²) in [7, 11) is 0. The van der Waals surface area contributed by atoms with Gasteiger partial charge in [-0.15, -0.1) is 0 Å². The molecule has 0 atom stereocenters. The summed E-state index contributed by atoms with van der Waals surface area (Å²) in [5.41, 5.74) is 12.3. The van der Waals surface area contributed by atoms with Crippen molar-refractivity contribution in [2.24, 2.45) is 0 Å². The van der Waals surface area contributed by atoms with Crippen LogP contribution in [0.5, 0.6) is 0 Å². The van der Waals surface area contributed by atoms with Crippen molar-refractivity contribution in [1.29, 1.82) is 0 Å². The lowest BCUT2D eigenvalue weighted by Gasteiger charge is -2.21. The third-order valence-corrected chi connectivity index (χ3v) is 9.80. The molecule has 0 spiro atoms. The van der Waals surface area contributed by atoms with Gasteiger partial charge in [-0.3, -0.25) is 0 Å². The number of rotatable bonds is 4. The number of hydrogen-bond donors (Lipinski definition) is 0. The molecule has 9 rings (SSSR count). The fourth-order valence-electron chi connectivity index (χ4n) is 7.36. The average Bonchev–Trinajstić information content (AvgIpc) is 3.35. The van der Waals surface area contributed by atoms with Gasteiger partial charge in [0.25, 0.3) is 0 Å². The van der Waals surface area contributed by atoms with Crippen molar-refractivity contribution in [2.75, 3.05) is 0 Å². The van der Waals surface area contributed by atoms with Crippen LogP contribution in [0.1, 0.15) is 25.1 Å². The number of benzene rings is 7. The van der Waals surface area contributed by atoms with Gasteiger partial charge in [0, 0.05) is 22.1 Å². The zero-order valence-electron chi connectivity index (χ0n) is 26.4. The predicted octanol–water partition coefficient (Wildman–Crippen LogP) is 11.8. The van der Waals surface area contributed by atoms with Gasteiger partial charge in [-0.25, -0.2) is 9.97 Å². The van der Waals surface area contributed by atoms with Gasteiger partial charge in [-0.2, -0.15) is 0 Å². The lowest BCUT2D eigenvalue weighted by atomic mass is 9.84. The molecule has 1 heterocycles. The van der Waals surface area contributed by atoms with E-state index in [1.807, 2.05) is 0 Å². The molecule has 0 amide bonds. The van der Waals surface area contributed by atoms with Gasteiger partial charge in [0.15, 0.2) is 5.82 Å². The molecule has 1 aliphatic carbocycles. The molecule has 7 aromatic carbocycles. The minimum Gasteiger partial charge on any atom is -0.231 e. The minimum atomic E-state index is -0.298. The van der Waals surface area contributed by atoms with Gasteiger partial charge >= 0.3 is 0 Å². The van der Waals surface area contributed by atoms with Gasteiger partial charge in [0.05, 0.1) is 11.4 Å². The smallest absolute Gasteiger partial charge is 0.160 e. The first-order valence-electron chi connectivity index (χ1n) is 16.3. The second-order valence-corrected chi connectivity index (χ2v) is 13.0. The molecule has 0 fully saturated rings. The number of fused-ring (bicyclic) bond motifs is 5. The SMILES string of the molecule is CC1(C)c2cc3ccccc3cc2-c2c(-c3cccc4ccccc34)nc(-c3cccc(-c4cccc(-c5ccccc5)c4)c3)nc21. The summed E-state index contributed by atoms with van der Waals surface area (Å²) in [6.45, 7) is 4.61. The van der Waals surface area contributed by atoms with Crippen molar-refractivity contribution in [3.8, 4) is 56.0 Å². The van der Waals surface area contributed by atoms with Crippen molar-refractivity contribution >= 4 is 21.5 Å². The minimum absolute atomic E-state index is 0.298. The zero-order valence-corrected chi connectivity index (χ0v) is 26.4. The molecule has 2 heteroatoms. The molecule has 47 heavy (non-hydrogen) atoms. The van der Waals surface area contributed by atoms with Gasteiger partial charge in [0.2, 0.25) is 0 Å². The van der Waals surface area contributed by atoms with Crippen LogP contribution in [0.25, 0.3) is 77.6 Å². The summed E-state index contributed by atoms with van der Waals surface area (Å²) in [6.07, 6.45) is 0. The fourth-order valence-corrected chi connectivity index (χ4v) is 7.36. The van der Waals surface area contributed by atoms with Crippen molar-refractivity contribution in [1.82, 2.24) is 9.97 Å². The van der Waals surface area contributed by atoms with Crippen molar-refractivity contribution in [2.45, 2.75) is 19.3 Å². The largest absolute Gasteiger partial charge is 0.231 e. The van der Waals surface area contributed by atoms with E-state index in [0.717, 1.165) is 39.5 Å². The standard InChI is InChI=1S/C45H32N2/c1-45(2)40-28-35-17-7-6-16-34(35)27-39(40)41-42(38-24-12-18-30-15-8-9-23-37(30)38)46-44(47-43(41)45)36-22-11-21-33(26-36)32-20-10-19-31(25-32)29-13-4-3-5-14-29/h3-28H,1-2H3. The first-order chi connectivity index (χ1) is 23.0. The molecule has 1 aliphatic rings. The second-order valence-electron chi connectivity index (χ2n) is 13.0. The summed E-state index contributed by atoms with van der Waals surface area (Å²) in [6, 6.07) is 56.5. The van der Waals surface area contributed by atoms with E-state index >= 15 is 0 Å². The molecule has 8 aromatic rings. The Morgan fingerprint density at radius 3 is 1.74 bits per heavy atom. The maximum absolute atomic E-state index is 5.47. The monoisotopic (exact) mass is 600 g/mol. The lowest BCUT2D eigenvalue weighted by molar-refractivity contribution is 0.637. The topological polar surface area (TPSA) is 25.8 Å². The van der Waals surface area contributed by atoms with Crippen LogP contribution in [-0.2, 0) is 5.41 Å². The Hall–Kier alpha value is -5.86. The van der Waals surface area contributed by atoms with Gasteiger partial charge in [0.1, 0.15) is 0 Å². The highest BCUT2D eigenvalue weighted by atomic mass is 14.9. The Balaban J connectivity index is 1.27. The van der Waals surface area contributed by atoms with Crippen LogP contribution in [0.2, 0.25) is 0 Å². The third-order valence-electron chi connectivity index (χ3n) is 9.80. The molecule has 0 bridgehead atoms. The molecular formula is C45H32N2. The van der Waals surface area contributed by atoms with E-state index in [4.69, 9.17) is 9.97 Å².